The van der Waals surface area contributed by atoms with E-state index < -0.39 is 6.04 Å². The average Bonchev–Trinajstić information content (AvgIpc) is 2.62. The third-order valence-corrected chi connectivity index (χ3v) is 3.86. The molecule has 1 amide bonds. The number of carbonyl (C=O) groups is 2. The molecule has 1 N–H and O–H groups in total. The van der Waals surface area contributed by atoms with Crippen LogP contribution in [0.15, 0.2) is 48.5 Å². The van der Waals surface area contributed by atoms with Crippen molar-refractivity contribution in [2.75, 3.05) is 13.7 Å². The molecule has 0 radical (unpaired) electrons. The summed E-state index contributed by atoms with van der Waals surface area (Å²) < 4.78 is 10.1. The van der Waals surface area contributed by atoms with Crippen LogP contribution >= 0.6 is 11.6 Å². The highest BCUT2D eigenvalue weighted by atomic mass is 35.5. The van der Waals surface area contributed by atoms with Gasteiger partial charge in [0, 0.05) is 10.6 Å². The molecule has 132 valence electrons. The Morgan fingerprint density at radius 3 is 2.28 bits per heavy atom. The van der Waals surface area contributed by atoms with Crippen molar-refractivity contribution in [3.05, 3.63) is 64.7 Å². The summed E-state index contributed by atoms with van der Waals surface area (Å²) in [7, 11) is 1.58. The fraction of sp³-hybridized carbons (Fsp3) is 0.263. The molecule has 6 heteroatoms. The summed E-state index contributed by atoms with van der Waals surface area (Å²) in [5, 5.41) is 3.42. The first-order valence-electron chi connectivity index (χ1n) is 7.89. The van der Waals surface area contributed by atoms with Crippen LogP contribution in [0.25, 0.3) is 0 Å². The average molecular weight is 362 g/mol. The number of amides is 1. The molecule has 1 unspecified atom stereocenters. The van der Waals surface area contributed by atoms with E-state index >= 15 is 0 Å². The van der Waals surface area contributed by atoms with Gasteiger partial charge >= 0.3 is 5.97 Å². The van der Waals surface area contributed by atoms with E-state index in [0.29, 0.717) is 22.9 Å². The Morgan fingerprint density at radius 2 is 1.72 bits per heavy atom. The lowest BCUT2D eigenvalue weighted by molar-refractivity contribution is -0.143. The Hall–Kier alpha value is -2.53. The third-order valence-electron chi connectivity index (χ3n) is 3.61. The maximum Gasteiger partial charge on any atom is 0.308 e. The molecule has 0 aliphatic carbocycles. The molecule has 0 saturated carbocycles. The second-order valence-electron chi connectivity index (χ2n) is 5.32. The van der Waals surface area contributed by atoms with Crippen LogP contribution in [0.1, 0.15) is 35.3 Å². The molecule has 0 fully saturated rings. The zero-order valence-electron chi connectivity index (χ0n) is 14.1. The molecule has 1 atom stereocenters. The van der Waals surface area contributed by atoms with Gasteiger partial charge in [0.05, 0.1) is 26.2 Å². The Morgan fingerprint density at radius 1 is 1.08 bits per heavy atom. The summed E-state index contributed by atoms with van der Waals surface area (Å²) in [5.74, 6) is 0.0316. The fourth-order valence-corrected chi connectivity index (χ4v) is 2.44. The topological polar surface area (TPSA) is 64.6 Å². The van der Waals surface area contributed by atoms with Crippen molar-refractivity contribution in [2.45, 2.75) is 19.4 Å². The SMILES string of the molecule is CCOC(=O)CC(NC(=O)c1ccc(Cl)cc1)c1ccc(OC)cc1. The van der Waals surface area contributed by atoms with Crippen LogP contribution in [0.4, 0.5) is 0 Å². The van der Waals surface area contributed by atoms with Crippen molar-refractivity contribution in [1.82, 2.24) is 5.32 Å². The fourth-order valence-electron chi connectivity index (χ4n) is 2.32. The van der Waals surface area contributed by atoms with E-state index in [0.717, 1.165) is 5.56 Å². The molecule has 0 aliphatic heterocycles. The van der Waals surface area contributed by atoms with Gasteiger partial charge in [0.15, 0.2) is 0 Å². The van der Waals surface area contributed by atoms with E-state index in [1.54, 1.807) is 50.4 Å². The standard InChI is InChI=1S/C19H20ClNO4/c1-3-25-18(22)12-17(13-6-10-16(24-2)11-7-13)21-19(23)14-4-8-15(20)9-5-14/h4-11,17H,3,12H2,1-2H3,(H,21,23). The normalized spacial score (nSPS) is 11.5. The Labute approximate surface area is 151 Å². The van der Waals surface area contributed by atoms with Gasteiger partial charge in [-0.1, -0.05) is 23.7 Å². The van der Waals surface area contributed by atoms with Crippen LogP contribution in [-0.4, -0.2) is 25.6 Å². The number of esters is 1. The van der Waals surface area contributed by atoms with Crippen LogP contribution in [0.3, 0.4) is 0 Å². The number of hydrogen-bond acceptors (Lipinski definition) is 4. The van der Waals surface area contributed by atoms with Gasteiger partial charge in [0.2, 0.25) is 0 Å². The molecule has 0 saturated heterocycles. The summed E-state index contributed by atoms with van der Waals surface area (Å²) in [4.78, 5) is 24.4. The van der Waals surface area contributed by atoms with Gasteiger partial charge < -0.3 is 14.8 Å². The summed E-state index contributed by atoms with van der Waals surface area (Å²) in [6.45, 7) is 2.03. The molecule has 2 rings (SSSR count). The van der Waals surface area contributed by atoms with Gasteiger partial charge in [0.25, 0.3) is 5.91 Å². The van der Waals surface area contributed by atoms with Gasteiger partial charge in [-0.25, -0.2) is 0 Å². The van der Waals surface area contributed by atoms with Crippen molar-refractivity contribution < 1.29 is 19.1 Å². The van der Waals surface area contributed by atoms with Gasteiger partial charge in [0.1, 0.15) is 5.75 Å². The van der Waals surface area contributed by atoms with Crippen LogP contribution < -0.4 is 10.1 Å². The molecular formula is C19H20ClNO4. The first-order chi connectivity index (χ1) is 12.0. The summed E-state index contributed by atoms with van der Waals surface area (Å²) in [6.07, 6.45) is 0.0412. The van der Waals surface area contributed by atoms with Crippen LogP contribution in [-0.2, 0) is 9.53 Å². The van der Waals surface area contributed by atoms with Crippen molar-refractivity contribution >= 4 is 23.5 Å². The van der Waals surface area contributed by atoms with Gasteiger partial charge in [-0.15, -0.1) is 0 Å². The first kappa shape index (κ1) is 18.8. The molecule has 2 aromatic rings. The Kier molecular flexibility index (Phi) is 6.83. The maximum absolute atomic E-state index is 12.5. The molecule has 0 heterocycles. The number of methoxy groups -OCH3 is 1. The molecule has 0 bridgehead atoms. The maximum atomic E-state index is 12.5. The quantitative estimate of drug-likeness (QED) is 0.762. The number of hydrogen-bond donors (Lipinski definition) is 1. The predicted molar refractivity (Wildman–Crippen MR) is 95.9 cm³/mol. The third kappa shape index (κ3) is 5.50. The molecule has 5 nitrogen and oxygen atoms in total. The number of benzene rings is 2. The minimum atomic E-state index is -0.506. The van der Waals surface area contributed by atoms with Gasteiger partial charge in [-0.05, 0) is 48.9 Å². The number of halogens is 1. The van der Waals surface area contributed by atoms with Gasteiger partial charge in [-0.2, -0.15) is 0 Å². The van der Waals surface area contributed by atoms with Crippen molar-refractivity contribution in [2.24, 2.45) is 0 Å². The van der Waals surface area contributed by atoms with Crippen LogP contribution in [0.2, 0.25) is 5.02 Å². The smallest absolute Gasteiger partial charge is 0.308 e. The molecule has 0 aliphatic rings. The van der Waals surface area contributed by atoms with E-state index in [2.05, 4.69) is 5.32 Å². The van der Waals surface area contributed by atoms with E-state index in [-0.39, 0.29) is 18.3 Å². The van der Waals surface area contributed by atoms with E-state index in [9.17, 15) is 9.59 Å². The van der Waals surface area contributed by atoms with Crippen LogP contribution in [0, 0.1) is 0 Å². The summed E-state index contributed by atoms with van der Waals surface area (Å²) >= 11 is 5.85. The van der Waals surface area contributed by atoms with Crippen molar-refractivity contribution in [1.29, 1.82) is 0 Å². The minimum Gasteiger partial charge on any atom is -0.497 e. The van der Waals surface area contributed by atoms with Crippen molar-refractivity contribution in [3.63, 3.8) is 0 Å². The predicted octanol–water partition coefficient (Wildman–Crippen LogP) is 3.77. The lowest BCUT2D eigenvalue weighted by Crippen LogP contribution is -2.30. The second-order valence-corrected chi connectivity index (χ2v) is 5.75. The first-order valence-corrected chi connectivity index (χ1v) is 8.27. The molecule has 0 spiro atoms. The van der Waals surface area contributed by atoms with Crippen molar-refractivity contribution in [3.8, 4) is 5.75 Å². The summed E-state index contributed by atoms with van der Waals surface area (Å²) in [5.41, 5.74) is 1.25. The molecule has 25 heavy (non-hydrogen) atoms. The highest BCUT2D eigenvalue weighted by molar-refractivity contribution is 6.30. The van der Waals surface area contributed by atoms with E-state index in [1.807, 2.05) is 12.1 Å². The zero-order valence-corrected chi connectivity index (χ0v) is 14.9. The molecular weight excluding hydrogens is 342 g/mol. The molecule has 0 aromatic heterocycles. The Bertz CT molecular complexity index is 713. The monoisotopic (exact) mass is 361 g/mol. The van der Waals surface area contributed by atoms with Crippen LogP contribution in [0.5, 0.6) is 5.75 Å². The minimum absolute atomic E-state index is 0.0412. The number of rotatable bonds is 7. The number of nitrogens with one attached hydrogen (secondary N) is 1. The largest absolute Gasteiger partial charge is 0.497 e. The molecule has 2 aromatic carbocycles. The highest BCUT2D eigenvalue weighted by Crippen LogP contribution is 2.22. The summed E-state index contributed by atoms with van der Waals surface area (Å²) in [6, 6.07) is 13.2. The van der Waals surface area contributed by atoms with Gasteiger partial charge in [-0.3, -0.25) is 9.59 Å². The lowest BCUT2D eigenvalue weighted by Gasteiger charge is -2.19. The lowest BCUT2D eigenvalue weighted by atomic mass is 10.0. The van der Waals surface area contributed by atoms with E-state index in [4.69, 9.17) is 21.1 Å². The number of carbonyl (C=O) groups excluding carboxylic acids is 2. The van der Waals surface area contributed by atoms with E-state index in [1.165, 1.54) is 0 Å². The zero-order chi connectivity index (χ0) is 18.2. The Balaban J connectivity index is 2.19. The number of ether oxygens (including phenoxy) is 2. The highest BCUT2D eigenvalue weighted by Gasteiger charge is 2.20. The second kappa shape index (κ2) is 9.08.